The summed E-state index contributed by atoms with van der Waals surface area (Å²) in [5.74, 6) is 0.264. The number of carbonyl (C=O) groups excluding carboxylic acids is 2. The molecule has 2 amide bonds. The Morgan fingerprint density at radius 2 is 1.74 bits per heavy atom. The largest absolute Gasteiger partial charge is 0.493 e. The number of amides is 2. The second-order valence-corrected chi connectivity index (χ2v) is 6.93. The van der Waals surface area contributed by atoms with Crippen molar-refractivity contribution in [2.24, 2.45) is 5.92 Å². The molecule has 1 heterocycles. The summed E-state index contributed by atoms with van der Waals surface area (Å²) >= 11 is 0. The summed E-state index contributed by atoms with van der Waals surface area (Å²) < 4.78 is 16.0. The minimum atomic E-state index is -0.523. The fourth-order valence-electron chi connectivity index (χ4n) is 3.42. The Labute approximate surface area is 178 Å². The number of anilines is 1. The Kier molecular flexibility index (Phi) is 6.58. The van der Waals surface area contributed by atoms with Gasteiger partial charge in [0.2, 0.25) is 17.6 Å². The molecule has 0 unspecified atom stereocenters. The summed E-state index contributed by atoms with van der Waals surface area (Å²) in [5.41, 5.74) is 1.26. The number of non-ortho nitro benzene ring substituents is 1. The van der Waals surface area contributed by atoms with E-state index >= 15 is 0 Å². The second kappa shape index (κ2) is 9.33. The van der Waals surface area contributed by atoms with Crippen LogP contribution in [-0.4, -0.2) is 44.6 Å². The zero-order valence-corrected chi connectivity index (χ0v) is 17.4. The Hall–Kier alpha value is -3.82. The number of methoxy groups -OCH3 is 3. The molecule has 0 bridgehead atoms. The SMILES string of the molecule is COc1cc(N2C[C@H](C(=O)NCc3ccc([N+](=O)[O-])cc3)CC2=O)cc(OC)c1OC. The van der Waals surface area contributed by atoms with E-state index < -0.39 is 10.8 Å². The number of benzene rings is 2. The summed E-state index contributed by atoms with van der Waals surface area (Å²) in [6.45, 7) is 0.426. The van der Waals surface area contributed by atoms with Gasteiger partial charge in [-0.05, 0) is 5.56 Å². The molecule has 1 aliphatic rings. The van der Waals surface area contributed by atoms with Gasteiger partial charge in [-0.15, -0.1) is 0 Å². The minimum Gasteiger partial charge on any atom is -0.493 e. The highest BCUT2D eigenvalue weighted by Crippen LogP contribution is 2.42. The molecule has 1 saturated heterocycles. The molecule has 3 rings (SSSR count). The molecule has 0 aliphatic carbocycles. The van der Waals surface area contributed by atoms with Gasteiger partial charge in [0.1, 0.15) is 0 Å². The van der Waals surface area contributed by atoms with Crippen molar-refractivity contribution in [1.29, 1.82) is 0 Å². The summed E-state index contributed by atoms with van der Waals surface area (Å²) in [6, 6.07) is 9.26. The van der Waals surface area contributed by atoms with Gasteiger partial charge in [0.25, 0.3) is 5.69 Å². The monoisotopic (exact) mass is 429 g/mol. The molecule has 1 N–H and O–H groups in total. The predicted octanol–water partition coefficient (Wildman–Crippen LogP) is 2.29. The number of nitro benzene ring substituents is 1. The predicted molar refractivity (Wildman–Crippen MR) is 112 cm³/mol. The van der Waals surface area contributed by atoms with Crippen LogP contribution in [0.25, 0.3) is 0 Å². The van der Waals surface area contributed by atoms with Crippen molar-refractivity contribution in [2.75, 3.05) is 32.8 Å². The lowest BCUT2D eigenvalue weighted by Crippen LogP contribution is -2.32. The number of carbonyl (C=O) groups is 2. The molecule has 2 aromatic rings. The Morgan fingerprint density at radius 3 is 2.26 bits per heavy atom. The Morgan fingerprint density at radius 1 is 1.13 bits per heavy atom. The quantitative estimate of drug-likeness (QED) is 0.505. The van der Waals surface area contributed by atoms with Gasteiger partial charge >= 0.3 is 0 Å². The number of hydrogen-bond acceptors (Lipinski definition) is 7. The van der Waals surface area contributed by atoms with Gasteiger partial charge in [-0.2, -0.15) is 0 Å². The third-order valence-electron chi connectivity index (χ3n) is 5.07. The molecule has 1 aliphatic heterocycles. The molecule has 0 saturated carbocycles. The highest BCUT2D eigenvalue weighted by molar-refractivity contribution is 6.00. The molecule has 1 atom stereocenters. The molecule has 10 heteroatoms. The highest BCUT2D eigenvalue weighted by atomic mass is 16.6. The molecule has 10 nitrogen and oxygen atoms in total. The maximum Gasteiger partial charge on any atom is 0.269 e. The highest BCUT2D eigenvalue weighted by Gasteiger charge is 2.36. The van der Waals surface area contributed by atoms with Crippen LogP contribution in [0.4, 0.5) is 11.4 Å². The van der Waals surface area contributed by atoms with Gasteiger partial charge in [-0.25, -0.2) is 0 Å². The van der Waals surface area contributed by atoms with E-state index in [-0.39, 0.29) is 37.0 Å². The van der Waals surface area contributed by atoms with Crippen LogP contribution in [-0.2, 0) is 16.1 Å². The maximum atomic E-state index is 12.6. The van der Waals surface area contributed by atoms with Crippen LogP contribution in [0.3, 0.4) is 0 Å². The van der Waals surface area contributed by atoms with Gasteiger partial charge in [0, 0.05) is 43.8 Å². The van der Waals surface area contributed by atoms with Crippen LogP contribution in [0, 0.1) is 16.0 Å². The number of nitro groups is 1. The zero-order valence-electron chi connectivity index (χ0n) is 17.4. The molecular formula is C21H23N3O7. The third-order valence-corrected chi connectivity index (χ3v) is 5.07. The topological polar surface area (TPSA) is 120 Å². The van der Waals surface area contributed by atoms with Gasteiger partial charge in [-0.3, -0.25) is 19.7 Å². The van der Waals surface area contributed by atoms with E-state index in [0.29, 0.717) is 22.9 Å². The molecule has 2 aromatic carbocycles. The van der Waals surface area contributed by atoms with E-state index in [2.05, 4.69) is 5.32 Å². The first-order valence-electron chi connectivity index (χ1n) is 9.49. The maximum absolute atomic E-state index is 12.6. The Balaban J connectivity index is 1.68. The number of rotatable bonds is 8. The molecule has 1 fully saturated rings. The number of nitrogens with zero attached hydrogens (tertiary/aromatic N) is 2. The van der Waals surface area contributed by atoms with Crippen LogP contribution in [0.2, 0.25) is 0 Å². The van der Waals surface area contributed by atoms with E-state index in [9.17, 15) is 19.7 Å². The van der Waals surface area contributed by atoms with Crippen molar-refractivity contribution in [3.63, 3.8) is 0 Å². The average Bonchev–Trinajstić information content (AvgIpc) is 3.18. The van der Waals surface area contributed by atoms with E-state index in [1.807, 2.05) is 0 Å². The molecule has 0 aromatic heterocycles. The van der Waals surface area contributed by atoms with Gasteiger partial charge < -0.3 is 24.4 Å². The molecule has 31 heavy (non-hydrogen) atoms. The molecule has 0 spiro atoms. The first-order chi connectivity index (χ1) is 14.9. The number of ether oxygens (including phenoxy) is 3. The molecular weight excluding hydrogens is 406 g/mol. The van der Waals surface area contributed by atoms with Crippen LogP contribution >= 0.6 is 0 Å². The van der Waals surface area contributed by atoms with Crippen LogP contribution in [0.5, 0.6) is 17.2 Å². The minimum absolute atomic E-state index is 0.0162. The number of hydrogen-bond donors (Lipinski definition) is 1. The lowest BCUT2D eigenvalue weighted by atomic mass is 10.1. The van der Waals surface area contributed by atoms with Crippen LogP contribution in [0.15, 0.2) is 36.4 Å². The smallest absolute Gasteiger partial charge is 0.269 e. The van der Waals surface area contributed by atoms with Gasteiger partial charge in [0.05, 0.1) is 37.9 Å². The first-order valence-corrected chi connectivity index (χ1v) is 9.49. The fourth-order valence-corrected chi connectivity index (χ4v) is 3.42. The normalized spacial score (nSPS) is 15.5. The lowest BCUT2D eigenvalue weighted by molar-refractivity contribution is -0.384. The summed E-state index contributed by atoms with van der Waals surface area (Å²) in [7, 11) is 4.47. The van der Waals surface area contributed by atoms with E-state index in [1.54, 1.807) is 24.3 Å². The van der Waals surface area contributed by atoms with E-state index in [4.69, 9.17) is 14.2 Å². The second-order valence-electron chi connectivity index (χ2n) is 6.93. The van der Waals surface area contributed by atoms with Crippen molar-refractivity contribution in [1.82, 2.24) is 5.32 Å². The van der Waals surface area contributed by atoms with Gasteiger partial charge in [0.15, 0.2) is 11.5 Å². The first kappa shape index (κ1) is 21.9. The standard InChI is InChI=1S/C21H23N3O7/c1-29-17-9-16(10-18(30-2)20(17)31-3)23-12-14(8-19(23)25)21(26)22-11-13-4-6-15(7-5-13)24(27)28/h4-7,9-10,14H,8,11-12H2,1-3H3,(H,22,26)/t14-/m1/s1. The van der Waals surface area contributed by atoms with Crippen molar-refractivity contribution in [3.05, 3.63) is 52.1 Å². The third kappa shape index (κ3) is 4.68. The molecule has 0 radical (unpaired) electrons. The average molecular weight is 429 g/mol. The van der Waals surface area contributed by atoms with E-state index in [0.717, 1.165) is 5.56 Å². The fraction of sp³-hybridized carbons (Fsp3) is 0.333. The van der Waals surface area contributed by atoms with Crippen molar-refractivity contribution >= 4 is 23.2 Å². The lowest BCUT2D eigenvalue weighted by Gasteiger charge is -2.20. The van der Waals surface area contributed by atoms with E-state index in [1.165, 1.54) is 38.4 Å². The van der Waals surface area contributed by atoms with Crippen LogP contribution < -0.4 is 24.4 Å². The number of nitrogens with one attached hydrogen (secondary N) is 1. The zero-order chi connectivity index (χ0) is 22.5. The van der Waals surface area contributed by atoms with Crippen molar-refractivity contribution in [2.45, 2.75) is 13.0 Å². The summed E-state index contributed by atoms with van der Waals surface area (Å²) in [5, 5.41) is 13.5. The molecule has 164 valence electrons. The van der Waals surface area contributed by atoms with Crippen molar-refractivity contribution < 1.29 is 28.7 Å². The van der Waals surface area contributed by atoms with Crippen LogP contribution in [0.1, 0.15) is 12.0 Å². The summed E-state index contributed by atoms with van der Waals surface area (Å²) in [6.07, 6.45) is 0.0722. The Bertz CT molecular complexity index is 966. The van der Waals surface area contributed by atoms with Gasteiger partial charge in [-0.1, -0.05) is 12.1 Å². The van der Waals surface area contributed by atoms with Crippen molar-refractivity contribution in [3.8, 4) is 17.2 Å². The summed E-state index contributed by atoms with van der Waals surface area (Å²) in [4.78, 5) is 36.9.